The molecule has 0 unspecified atom stereocenters. The number of β-amino-alcohol motifs (C(OH)–C–C–N with tert-alkyl or cyclic N) is 1. The van der Waals surface area contributed by atoms with Crippen molar-refractivity contribution in [2.45, 2.75) is 51.6 Å². The van der Waals surface area contributed by atoms with Gasteiger partial charge in [-0.25, -0.2) is 4.79 Å². The molecule has 2 fully saturated rings. The number of likely N-dealkylation sites (tertiary alicyclic amines) is 1. The van der Waals surface area contributed by atoms with Crippen LogP contribution in [0.15, 0.2) is 42.1 Å². The average molecular weight is 520 g/mol. The zero-order valence-electron chi connectivity index (χ0n) is 22.9. The van der Waals surface area contributed by atoms with E-state index in [1.807, 2.05) is 52.8 Å². The number of hydrogen-bond donors (Lipinski definition) is 1. The molecule has 3 heterocycles. The first-order valence-corrected chi connectivity index (χ1v) is 13.3. The van der Waals surface area contributed by atoms with Crippen LogP contribution in [-0.4, -0.2) is 77.7 Å². The highest BCUT2D eigenvalue weighted by atomic mass is 16.5. The topological polar surface area (TPSA) is 82.6 Å². The fraction of sp³-hybridized carbons (Fsp3) is 0.467. The lowest BCUT2D eigenvalue weighted by Crippen LogP contribution is -2.55. The molecule has 8 nitrogen and oxygen atoms in total. The van der Waals surface area contributed by atoms with Crippen LogP contribution in [0.5, 0.6) is 11.5 Å². The summed E-state index contributed by atoms with van der Waals surface area (Å²) in [6.07, 6.45) is 3.40. The molecular weight excluding hydrogens is 482 g/mol. The number of amides is 3. The number of aryl methyl sites for hydroxylation is 2. The molecule has 0 bridgehead atoms. The number of piperidine rings is 1. The van der Waals surface area contributed by atoms with Crippen molar-refractivity contribution in [2.24, 2.45) is 0 Å². The molecule has 1 spiro atoms. The molecule has 3 aliphatic heterocycles. The summed E-state index contributed by atoms with van der Waals surface area (Å²) in [5.74, 6) is 1.45. The molecular formula is C30H37N3O5. The van der Waals surface area contributed by atoms with Crippen molar-refractivity contribution >= 4 is 11.9 Å². The van der Waals surface area contributed by atoms with Gasteiger partial charge in [0.05, 0.1) is 32.9 Å². The number of carbonyl (C=O) groups is 2. The van der Waals surface area contributed by atoms with E-state index in [4.69, 9.17) is 9.47 Å². The number of nitrogens with zero attached hydrogens (tertiary/aromatic N) is 3. The van der Waals surface area contributed by atoms with Gasteiger partial charge in [-0.15, -0.1) is 0 Å². The van der Waals surface area contributed by atoms with Crippen molar-refractivity contribution in [2.75, 3.05) is 40.5 Å². The van der Waals surface area contributed by atoms with Gasteiger partial charge in [-0.2, -0.15) is 0 Å². The summed E-state index contributed by atoms with van der Waals surface area (Å²) in [5.41, 5.74) is 5.25. The van der Waals surface area contributed by atoms with Gasteiger partial charge in [-0.1, -0.05) is 30.2 Å². The highest BCUT2D eigenvalue weighted by molar-refractivity contribution is 5.95. The number of benzene rings is 2. The van der Waals surface area contributed by atoms with Gasteiger partial charge in [0.25, 0.3) is 5.91 Å². The lowest BCUT2D eigenvalue weighted by Gasteiger charge is -2.44. The predicted octanol–water partition coefficient (Wildman–Crippen LogP) is 4.23. The lowest BCUT2D eigenvalue weighted by molar-refractivity contribution is 0.0537. The maximum absolute atomic E-state index is 13.8. The van der Waals surface area contributed by atoms with E-state index in [1.165, 1.54) is 0 Å². The first kappa shape index (κ1) is 26.1. The molecule has 8 heteroatoms. The molecule has 202 valence electrons. The number of methoxy groups -OCH3 is 2. The van der Waals surface area contributed by atoms with Gasteiger partial charge in [-0.3, -0.25) is 9.69 Å². The quantitative estimate of drug-likeness (QED) is 0.640. The summed E-state index contributed by atoms with van der Waals surface area (Å²) in [4.78, 5) is 32.8. The molecule has 0 radical (unpaired) electrons. The van der Waals surface area contributed by atoms with Gasteiger partial charge in [-0.05, 0) is 50.5 Å². The van der Waals surface area contributed by atoms with Crippen LogP contribution in [0.2, 0.25) is 0 Å². The summed E-state index contributed by atoms with van der Waals surface area (Å²) < 4.78 is 11.2. The SMILES string of the molecule is COc1cc2c(c(OC)c1)[C@@H](C)C=C1N(C2)C(=O)N(CCO)C12CCN(C(=O)c1cc(C)cc(C)c1)CC2. The molecule has 0 saturated carbocycles. The Hall–Kier alpha value is -3.52. The smallest absolute Gasteiger partial charge is 0.325 e. The maximum Gasteiger partial charge on any atom is 0.325 e. The van der Waals surface area contributed by atoms with E-state index < -0.39 is 5.54 Å². The average Bonchev–Trinajstić information content (AvgIpc) is 3.01. The van der Waals surface area contributed by atoms with Crippen molar-refractivity contribution in [1.29, 1.82) is 0 Å². The standard InChI is InChI=1S/C30H37N3O5/c1-19-12-20(2)14-22(13-19)28(35)31-8-6-30(7-9-31)26-15-21(3)27-23(16-24(37-4)17-25(27)38-5)18-32(26)29(36)33(30)10-11-34/h12-17,21,34H,6-11,18H2,1-5H3/t21-/m0/s1. The van der Waals surface area contributed by atoms with Crippen molar-refractivity contribution in [3.8, 4) is 11.5 Å². The molecule has 5 rings (SSSR count). The van der Waals surface area contributed by atoms with Gasteiger partial charge in [0.1, 0.15) is 11.5 Å². The van der Waals surface area contributed by atoms with Crippen molar-refractivity contribution in [1.82, 2.24) is 14.7 Å². The van der Waals surface area contributed by atoms with E-state index >= 15 is 0 Å². The van der Waals surface area contributed by atoms with E-state index in [0.717, 1.165) is 33.7 Å². The highest BCUT2D eigenvalue weighted by Crippen LogP contribution is 2.49. The number of aliphatic hydroxyl groups excluding tert-OH is 1. The fourth-order valence-corrected chi connectivity index (χ4v) is 6.60. The first-order valence-electron chi connectivity index (χ1n) is 13.3. The summed E-state index contributed by atoms with van der Waals surface area (Å²) in [6.45, 7) is 7.72. The second-order valence-electron chi connectivity index (χ2n) is 10.7. The molecule has 0 aromatic heterocycles. The van der Waals surface area contributed by atoms with Crippen molar-refractivity contribution in [3.05, 3.63) is 69.9 Å². The number of aliphatic hydroxyl groups is 1. The number of hydrogen-bond acceptors (Lipinski definition) is 5. The molecule has 38 heavy (non-hydrogen) atoms. The summed E-state index contributed by atoms with van der Waals surface area (Å²) in [6, 6.07) is 9.69. The van der Waals surface area contributed by atoms with Gasteiger partial charge in [0.2, 0.25) is 0 Å². The molecule has 1 N–H and O–H groups in total. The Bertz CT molecular complexity index is 1270. The van der Waals surface area contributed by atoms with Gasteiger partial charge in [0.15, 0.2) is 0 Å². The summed E-state index contributed by atoms with van der Waals surface area (Å²) in [7, 11) is 3.27. The van der Waals surface area contributed by atoms with E-state index in [2.05, 4.69) is 19.1 Å². The molecule has 2 aromatic rings. The molecule has 3 aliphatic rings. The largest absolute Gasteiger partial charge is 0.497 e. The van der Waals surface area contributed by atoms with E-state index in [1.54, 1.807) is 14.2 Å². The Morgan fingerprint density at radius 3 is 2.34 bits per heavy atom. The normalized spacial score (nSPS) is 20.2. The molecule has 0 aliphatic carbocycles. The molecule has 1 atom stereocenters. The van der Waals surface area contributed by atoms with Crippen LogP contribution >= 0.6 is 0 Å². The second kappa shape index (κ2) is 9.98. The predicted molar refractivity (Wildman–Crippen MR) is 145 cm³/mol. The Morgan fingerprint density at radius 1 is 1.05 bits per heavy atom. The van der Waals surface area contributed by atoms with Crippen molar-refractivity contribution < 1.29 is 24.2 Å². The fourth-order valence-electron chi connectivity index (χ4n) is 6.60. The Kier molecular flexibility index (Phi) is 6.86. The number of rotatable bonds is 5. The second-order valence-corrected chi connectivity index (χ2v) is 10.7. The van der Waals surface area contributed by atoms with Crippen LogP contribution in [0.25, 0.3) is 0 Å². The number of allylic oxidation sites excluding steroid dienone is 1. The first-order chi connectivity index (χ1) is 18.2. The van der Waals surface area contributed by atoms with E-state index in [-0.39, 0.29) is 31.0 Å². The van der Waals surface area contributed by atoms with Crippen LogP contribution in [-0.2, 0) is 6.54 Å². The monoisotopic (exact) mass is 519 g/mol. The summed E-state index contributed by atoms with van der Waals surface area (Å²) >= 11 is 0. The zero-order chi connectivity index (χ0) is 27.2. The van der Waals surface area contributed by atoms with E-state index in [9.17, 15) is 14.7 Å². The zero-order valence-corrected chi connectivity index (χ0v) is 22.9. The minimum Gasteiger partial charge on any atom is -0.497 e. The summed E-state index contributed by atoms with van der Waals surface area (Å²) in [5, 5.41) is 9.91. The van der Waals surface area contributed by atoms with Crippen LogP contribution in [0.4, 0.5) is 4.79 Å². The molecule has 3 amide bonds. The highest BCUT2D eigenvalue weighted by Gasteiger charge is 2.55. The van der Waals surface area contributed by atoms with Crippen molar-refractivity contribution in [3.63, 3.8) is 0 Å². The lowest BCUT2D eigenvalue weighted by atomic mass is 9.81. The van der Waals surface area contributed by atoms with E-state index in [0.29, 0.717) is 43.8 Å². The minimum atomic E-state index is -0.577. The molecule has 2 saturated heterocycles. The van der Waals surface area contributed by atoms with Gasteiger partial charge < -0.3 is 24.4 Å². The number of ether oxygens (including phenoxy) is 2. The maximum atomic E-state index is 13.8. The van der Waals surface area contributed by atoms with Gasteiger partial charge in [0, 0.05) is 48.4 Å². The number of carbonyl (C=O) groups excluding carboxylic acids is 2. The van der Waals surface area contributed by atoms with Crippen LogP contribution < -0.4 is 9.47 Å². The Morgan fingerprint density at radius 2 is 1.74 bits per heavy atom. The third kappa shape index (κ3) is 4.21. The molecule has 2 aromatic carbocycles. The third-order valence-electron chi connectivity index (χ3n) is 8.26. The van der Waals surface area contributed by atoms with Crippen LogP contribution in [0, 0.1) is 13.8 Å². The Balaban J connectivity index is 1.49. The van der Waals surface area contributed by atoms with Crippen LogP contribution in [0.3, 0.4) is 0 Å². The van der Waals surface area contributed by atoms with Gasteiger partial charge >= 0.3 is 6.03 Å². The number of urea groups is 1. The third-order valence-corrected chi connectivity index (χ3v) is 8.26. The Labute approximate surface area is 224 Å². The minimum absolute atomic E-state index is 0.000427. The van der Waals surface area contributed by atoms with Crippen LogP contribution in [0.1, 0.15) is 58.3 Å². The number of fused-ring (bicyclic) bond motifs is 3.